The summed E-state index contributed by atoms with van der Waals surface area (Å²) in [4.78, 5) is 10.8. The van der Waals surface area contributed by atoms with Crippen molar-refractivity contribution in [3.05, 3.63) is 34.4 Å². The van der Waals surface area contributed by atoms with Crippen molar-refractivity contribution in [3.8, 4) is 0 Å². The van der Waals surface area contributed by atoms with Crippen molar-refractivity contribution in [2.45, 2.75) is 12.5 Å². The molecule has 1 aromatic heterocycles. The van der Waals surface area contributed by atoms with Crippen LogP contribution in [0.2, 0.25) is 0 Å². The van der Waals surface area contributed by atoms with Gasteiger partial charge in [0.15, 0.2) is 0 Å². The first-order chi connectivity index (χ1) is 7.99. The molecule has 3 N–H and O–H groups in total. The van der Waals surface area contributed by atoms with Crippen LogP contribution in [0, 0.1) is 0 Å². The zero-order valence-electron chi connectivity index (χ0n) is 9.35. The molecule has 2 aromatic rings. The number of hydrogen-bond acceptors (Lipinski definition) is 2. The number of carbonyl (C=O) groups is 1. The Balaban J connectivity index is 2.45. The van der Waals surface area contributed by atoms with Crippen LogP contribution in [0.4, 0.5) is 0 Å². The molecule has 0 saturated carbocycles. The highest BCUT2D eigenvalue weighted by Crippen LogP contribution is 2.25. The zero-order valence-corrected chi connectivity index (χ0v) is 10.9. The molecule has 0 amide bonds. The molecule has 1 heterocycles. The highest BCUT2D eigenvalue weighted by Gasteiger charge is 2.15. The second-order valence-electron chi connectivity index (χ2n) is 4.08. The third kappa shape index (κ3) is 2.35. The lowest BCUT2D eigenvalue weighted by Gasteiger charge is -2.04. The van der Waals surface area contributed by atoms with E-state index in [-0.39, 0.29) is 0 Å². The van der Waals surface area contributed by atoms with Crippen molar-refractivity contribution in [3.63, 3.8) is 0 Å². The average Bonchev–Trinajstić information content (AvgIpc) is 2.55. The number of carboxylic acids is 1. The van der Waals surface area contributed by atoms with Crippen molar-refractivity contribution in [1.82, 2.24) is 4.57 Å². The van der Waals surface area contributed by atoms with Gasteiger partial charge in [-0.2, -0.15) is 0 Å². The molecular formula is C12H13BrN2O2. The summed E-state index contributed by atoms with van der Waals surface area (Å²) in [5.41, 5.74) is 7.59. The first kappa shape index (κ1) is 12.1. The number of hydrogen-bond donors (Lipinski definition) is 2. The van der Waals surface area contributed by atoms with Crippen LogP contribution in [0.15, 0.2) is 28.9 Å². The largest absolute Gasteiger partial charge is 0.480 e. The fourth-order valence-electron chi connectivity index (χ4n) is 1.93. The number of aromatic nitrogens is 1. The Bertz CT molecular complexity index is 577. The van der Waals surface area contributed by atoms with Gasteiger partial charge in [0.05, 0.1) is 0 Å². The van der Waals surface area contributed by atoms with E-state index < -0.39 is 12.0 Å². The Morgan fingerprint density at radius 2 is 2.29 bits per heavy atom. The van der Waals surface area contributed by atoms with Crippen LogP contribution in [-0.4, -0.2) is 21.7 Å². The number of halogens is 1. The van der Waals surface area contributed by atoms with E-state index in [1.807, 2.05) is 36.0 Å². The molecule has 4 nitrogen and oxygen atoms in total. The number of benzene rings is 1. The molecule has 0 aliphatic heterocycles. The van der Waals surface area contributed by atoms with Crippen LogP contribution in [0.1, 0.15) is 5.56 Å². The summed E-state index contributed by atoms with van der Waals surface area (Å²) in [6, 6.07) is 5.07. The quantitative estimate of drug-likeness (QED) is 0.909. The third-order valence-corrected chi connectivity index (χ3v) is 3.29. The van der Waals surface area contributed by atoms with Crippen molar-refractivity contribution in [2.24, 2.45) is 12.8 Å². The van der Waals surface area contributed by atoms with Crippen LogP contribution in [0.5, 0.6) is 0 Å². The topological polar surface area (TPSA) is 68.2 Å². The van der Waals surface area contributed by atoms with E-state index in [0.717, 1.165) is 20.9 Å². The molecule has 0 bridgehead atoms. The Morgan fingerprint density at radius 3 is 2.94 bits per heavy atom. The molecule has 0 radical (unpaired) electrons. The zero-order chi connectivity index (χ0) is 12.6. The van der Waals surface area contributed by atoms with Gasteiger partial charge in [0.2, 0.25) is 0 Å². The summed E-state index contributed by atoms with van der Waals surface area (Å²) in [5, 5.41) is 9.88. The fourth-order valence-corrected chi connectivity index (χ4v) is 2.28. The molecule has 0 saturated heterocycles. The van der Waals surface area contributed by atoms with Crippen molar-refractivity contribution in [1.29, 1.82) is 0 Å². The summed E-state index contributed by atoms with van der Waals surface area (Å²) in [6.07, 6.45) is 2.27. The Morgan fingerprint density at radius 1 is 1.59 bits per heavy atom. The maximum absolute atomic E-state index is 10.8. The number of aryl methyl sites for hydroxylation is 1. The fraction of sp³-hybridized carbons (Fsp3) is 0.250. The van der Waals surface area contributed by atoms with Gasteiger partial charge in [-0.05, 0) is 17.7 Å². The first-order valence-electron chi connectivity index (χ1n) is 5.21. The number of fused-ring (bicyclic) bond motifs is 1. The van der Waals surface area contributed by atoms with Gasteiger partial charge in [0.1, 0.15) is 6.04 Å². The number of nitrogens with zero attached hydrogens (tertiary/aromatic N) is 1. The normalized spacial score (nSPS) is 12.9. The minimum absolute atomic E-state index is 0.342. The van der Waals surface area contributed by atoms with Gasteiger partial charge < -0.3 is 15.4 Å². The lowest BCUT2D eigenvalue weighted by Crippen LogP contribution is -2.32. The lowest BCUT2D eigenvalue weighted by atomic mass is 10.1. The van der Waals surface area contributed by atoms with Gasteiger partial charge in [0, 0.05) is 35.0 Å². The molecule has 90 valence electrons. The monoisotopic (exact) mass is 296 g/mol. The van der Waals surface area contributed by atoms with Crippen LogP contribution in [0.3, 0.4) is 0 Å². The summed E-state index contributed by atoms with van der Waals surface area (Å²) < 4.78 is 2.98. The molecule has 0 spiro atoms. The highest BCUT2D eigenvalue weighted by molar-refractivity contribution is 9.10. The van der Waals surface area contributed by atoms with Crippen molar-refractivity contribution in [2.75, 3.05) is 0 Å². The molecular weight excluding hydrogens is 284 g/mol. The lowest BCUT2D eigenvalue weighted by molar-refractivity contribution is -0.138. The second kappa shape index (κ2) is 4.50. The van der Waals surface area contributed by atoms with Crippen LogP contribution in [-0.2, 0) is 18.3 Å². The van der Waals surface area contributed by atoms with E-state index in [0.29, 0.717) is 6.42 Å². The van der Waals surface area contributed by atoms with E-state index in [1.165, 1.54) is 0 Å². The second-order valence-corrected chi connectivity index (χ2v) is 4.99. The van der Waals surface area contributed by atoms with Crippen molar-refractivity contribution < 1.29 is 9.90 Å². The van der Waals surface area contributed by atoms with Gasteiger partial charge >= 0.3 is 5.97 Å². The van der Waals surface area contributed by atoms with E-state index in [4.69, 9.17) is 10.8 Å². The van der Waals surface area contributed by atoms with E-state index in [9.17, 15) is 4.79 Å². The predicted octanol–water partition coefficient (Wildman–Crippen LogP) is 1.90. The predicted molar refractivity (Wildman–Crippen MR) is 69.9 cm³/mol. The van der Waals surface area contributed by atoms with Gasteiger partial charge in [-0.1, -0.05) is 22.0 Å². The van der Waals surface area contributed by atoms with Gasteiger partial charge in [-0.25, -0.2) is 0 Å². The SMILES string of the molecule is Cn1cc(CC(N)C(=O)O)c2ccc(Br)cc21. The summed E-state index contributed by atoms with van der Waals surface area (Å²) in [7, 11) is 1.94. The maximum atomic E-state index is 10.8. The molecule has 17 heavy (non-hydrogen) atoms. The molecule has 2 rings (SSSR count). The van der Waals surface area contributed by atoms with Crippen LogP contribution < -0.4 is 5.73 Å². The average molecular weight is 297 g/mol. The minimum Gasteiger partial charge on any atom is -0.480 e. The van der Waals surface area contributed by atoms with Gasteiger partial charge in [-0.15, -0.1) is 0 Å². The number of aliphatic carboxylic acids is 1. The minimum atomic E-state index is -0.973. The van der Waals surface area contributed by atoms with Gasteiger partial charge in [0.25, 0.3) is 0 Å². The smallest absolute Gasteiger partial charge is 0.320 e. The summed E-state index contributed by atoms with van der Waals surface area (Å²) >= 11 is 3.42. The molecule has 1 aromatic carbocycles. The van der Waals surface area contributed by atoms with Gasteiger partial charge in [-0.3, -0.25) is 4.79 Å². The molecule has 5 heteroatoms. The molecule has 1 atom stereocenters. The number of rotatable bonds is 3. The summed E-state index contributed by atoms with van der Waals surface area (Å²) in [6.45, 7) is 0. The van der Waals surface area contributed by atoms with E-state index in [1.54, 1.807) is 0 Å². The number of nitrogens with two attached hydrogens (primary N) is 1. The van der Waals surface area contributed by atoms with Crippen LogP contribution >= 0.6 is 15.9 Å². The molecule has 0 fully saturated rings. The Kier molecular flexibility index (Phi) is 3.22. The van der Waals surface area contributed by atoms with Crippen molar-refractivity contribution >= 4 is 32.8 Å². The molecule has 1 unspecified atom stereocenters. The van der Waals surface area contributed by atoms with E-state index in [2.05, 4.69) is 15.9 Å². The first-order valence-corrected chi connectivity index (χ1v) is 6.00. The maximum Gasteiger partial charge on any atom is 0.320 e. The Hall–Kier alpha value is -1.33. The molecule has 0 aliphatic carbocycles. The molecule has 0 aliphatic rings. The van der Waals surface area contributed by atoms with Crippen LogP contribution in [0.25, 0.3) is 10.9 Å². The third-order valence-electron chi connectivity index (χ3n) is 2.79. The van der Waals surface area contributed by atoms with E-state index >= 15 is 0 Å². The highest BCUT2D eigenvalue weighted by atomic mass is 79.9. The summed E-state index contributed by atoms with van der Waals surface area (Å²) in [5.74, 6) is -0.973. The standard InChI is InChI=1S/C12H13BrN2O2/c1-15-6-7(4-10(14)12(16)17)9-3-2-8(13)5-11(9)15/h2-3,5-6,10H,4,14H2,1H3,(H,16,17). The Labute approximate surface area is 107 Å². The number of carboxylic acid groups (broad SMARTS) is 1.